The van der Waals surface area contributed by atoms with Gasteiger partial charge in [0.1, 0.15) is 11.3 Å². The average molecular weight is 331 g/mol. The van der Waals surface area contributed by atoms with Crippen molar-refractivity contribution in [3.8, 4) is 11.4 Å². The molecule has 24 heavy (non-hydrogen) atoms. The molecule has 0 N–H and O–H groups in total. The summed E-state index contributed by atoms with van der Waals surface area (Å²) in [6.45, 7) is 5.58. The maximum atomic E-state index is 11.9. The van der Waals surface area contributed by atoms with Gasteiger partial charge in [-0.05, 0) is 46.5 Å². The SMILES string of the molecule is CCOC(=O)c1cn(-c2cccc(OCCCN(C)C)c2)nc1C. The Morgan fingerprint density at radius 3 is 2.83 bits per heavy atom. The first-order valence-electron chi connectivity index (χ1n) is 8.12. The first-order chi connectivity index (χ1) is 11.5. The maximum absolute atomic E-state index is 11.9. The zero-order chi connectivity index (χ0) is 17.5. The number of aryl methyl sites for hydroxylation is 1. The van der Waals surface area contributed by atoms with Crippen molar-refractivity contribution in [2.24, 2.45) is 0 Å². The molecule has 0 aliphatic heterocycles. The molecule has 2 rings (SSSR count). The molecule has 6 nitrogen and oxygen atoms in total. The first kappa shape index (κ1) is 18.0. The van der Waals surface area contributed by atoms with E-state index in [1.54, 1.807) is 24.7 Å². The Morgan fingerprint density at radius 1 is 1.33 bits per heavy atom. The number of hydrogen-bond donors (Lipinski definition) is 0. The summed E-state index contributed by atoms with van der Waals surface area (Å²) in [6, 6.07) is 7.67. The van der Waals surface area contributed by atoms with Crippen molar-refractivity contribution in [3.63, 3.8) is 0 Å². The molecule has 0 aliphatic carbocycles. The second-order valence-electron chi connectivity index (χ2n) is 5.80. The highest BCUT2D eigenvalue weighted by Crippen LogP contribution is 2.18. The summed E-state index contributed by atoms with van der Waals surface area (Å²) >= 11 is 0. The summed E-state index contributed by atoms with van der Waals surface area (Å²) < 4.78 is 12.5. The Balaban J connectivity index is 2.08. The van der Waals surface area contributed by atoms with E-state index in [1.165, 1.54) is 0 Å². The van der Waals surface area contributed by atoms with Crippen LogP contribution < -0.4 is 4.74 Å². The molecule has 0 amide bonds. The maximum Gasteiger partial charge on any atom is 0.341 e. The van der Waals surface area contributed by atoms with E-state index in [0.717, 1.165) is 24.4 Å². The number of rotatable bonds is 8. The number of carbonyl (C=O) groups excluding carboxylic acids is 1. The number of esters is 1. The molecule has 0 unspecified atom stereocenters. The molecule has 0 bridgehead atoms. The lowest BCUT2D eigenvalue weighted by atomic mass is 10.2. The van der Waals surface area contributed by atoms with Crippen LogP contribution in [0, 0.1) is 6.92 Å². The monoisotopic (exact) mass is 331 g/mol. The normalized spacial score (nSPS) is 10.9. The molecule has 0 fully saturated rings. The fourth-order valence-corrected chi connectivity index (χ4v) is 2.29. The zero-order valence-corrected chi connectivity index (χ0v) is 14.8. The lowest BCUT2D eigenvalue weighted by molar-refractivity contribution is 0.0525. The lowest BCUT2D eigenvalue weighted by Gasteiger charge is -2.11. The summed E-state index contributed by atoms with van der Waals surface area (Å²) in [6.07, 6.45) is 2.66. The van der Waals surface area contributed by atoms with Crippen LogP contribution >= 0.6 is 0 Å². The van der Waals surface area contributed by atoms with Crippen LogP contribution in [0.15, 0.2) is 30.5 Å². The van der Waals surface area contributed by atoms with Crippen molar-refractivity contribution < 1.29 is 14.3 Å². The van der Waals surface area contributed by atoms with Crippen LogP contribution in [0.5, 0.6) is 5.75 Å². The molecular weight excluding hydrogens is 306 g/mol. The van der Waals surface area contributed by atoms with Gasteiger partial charge in [-0.25, -0.2) is 9.48 Å². The molecule has 6 heteroatoms. The van der Waals surface area contributed by atoms with Crippen molar-refractivity contribution in [2.75, 3.05) is 33.9 Å². The smallest absolute Gasteiger partial charge is 0.341 e. The standard InChI is InChI=1S/C18H25N3O3/c1-5-23-18(22)17-13-21(19-14(17)2)15-8-6-9-16(12-15)24-11-7-10-20(3)4/h6,8-9,12-13H,5,7,10-11H2,1-4H3. The predicted octanol–water partition coefficient (Wildman–Crippen LogP) is 2.69. The summed E-state index contributed by atoms with van der Waals surface area (Å²) in [5.41, 5.74) is 1.97. The lowest BCUT2D eigenvalue weighted by Crippen LogP contribution is -2.15. The second-order valence-corrected chi connectivity index (χ2v) is 5.80. The molecule has 0 atom stereocenters. The molecule has 0 saturated carbocycles. The van der Waals surface area contributed by atoms with Crippen LogP contribution in [0.25, 0.3) is 5.69 Å². The van der Waals surface area contributed by atoms with Gasteiger partial charge in [0.15, 0.2) is 0 Å². The number of carbonyl (C=O) groups is 1. The Morgan fingerprint density at radius 2 is 2.12 bits per heavy atom. The number of aromatic nitrogens is 2. The highest BCUT2D eigenvalue weighted by atomic mass is 16.5. The van der Waals surface area contributed by atoms with Crippen LogP contribution in [0.1, 0.15) is 29.4 Å². The van der Waals surface area contributed by atoms with E-state index >= 15 is 0 Å². The van der Waals surface area contributed by atoms with E-state index in [2.05, 4.69) is 10.00 Å². The van der Waals surface area contributed by atoms with Crippen molar-refractivity contribution in [3.05, 3.63) is 41.7 Å². The summed E-state index contributed by atoms with van der Waals surface area (Å²) in [4.78, 5) is 14.0. The van der Waals surface area contributed by atoms with Gasteiger partial charge in [0.25, 0.3) is 0 Å². The van der Waals surface area contributed by atoms with Crippen molar-refractivity contribution >= 4 is 5.97 Å². The average Bonchev–Trinajstić information content (AvgIpc) is 2.94. The van der Waals surface area contributed by atoms with E-state index < -0.39 is 0 Å². The molecule has 1 heterocycles. The van der Waals surface area contributed by atoms with Crippen LogP contribution in [0.2, 0.25) is 0 Å². The van der Waals surface area contributed by atoms with E-state index in [9.17, 15) is 4.79 Å². The van der Waals surface area contributed by atoms with Gasteiger partial charge in [0.05, 0.1) is 24.6 Å². The molecule has 1 aromatic carbocycles. The Labute approximate surface area is 143 Å². The Kier molecular flexibility index (Phi) is 6.37. The minimum Gasteiger partial charge on any atom is -0.493 e. The molecule has 0 aliphatic rings. The molecule has 0 spiro atoms. The fraction of sp³-hybridized carbons (Fsp3) is 0.444. The number of benzene rings is 1. The molecule has 1 aromatic heterocycles. The van der Waals surface area contributed by atoms with Crippen LogP contribution in [0.3, 0.4) is 0 Å². The van der Waals surface area contributed by atoms with Crippen LogP contribution in [0.4, 0.5) is 0 Å². The van der Waals surface area contributed by atoms with E-state index in [4.69, 9.17) is 9.47 Å². The largest absolute Gasteiger partial charge is 0.493 e. The van der Waals surface area contributed by atoms with Crippen molar-refractivity contribution in [2.45, 2.75) is 20.3 Å². The molecule has 2 aromatic rings. The topological polar surface area (TPSA) is 56.6 Å². The van der Waals surface area contributed by atoms with Gasteiger partial charge in [-0.1, -0.05) is 6.07 Å². The minimum absolute atomic E-state index is 0.347. The van der Waals surface area contributed by atoms with E-state index in [-0.39, 0.29) is 5.97 Å². The van der Waals surface area contributed by atoms with Gasteiger partial charge in [-0.3, -0.25) is 0 Å². The summed E-state index contributed by atoms with van der Waals surface area (Å²) in [7, 11) is 4.09. The van der Waals surface area contributed by atoms with Gasteiger partial charge in [-0.15, -0.1) is 0 Å². The molecular formula is C18H25N3O3. The second kappa shape index (κ2) is 8.49. The molecule has 0 saturated heterocycles. The van der Waals surface area contributed by atoms with Crippen molar-refractivity contribution in [1.29, 1.82) is 0 Å². The summed E-state index contributed by atoms with van der Waals surface area (Å²) in [5, 5.41) is 4.40. The number of ether oxygens (including phenoxy) is 2. The third-order valence-corrected chi connectivity index (χ3v) is 3.49. The fourth-order valence-electron chi connectivity index (χ4n) is 2.29. The first-order valence-corrected chi connectivity index (χ1v) is 8.12. The van der Waals surface area contributed by atoms with Gasteiger partial charge in [-0.2, -0.15) is 5.10 Å². The van der Waals surface area contributed by atoms with E-state index in [1.807, 2.05) is 38.4 Å². The highest BCUT2D eigenvalue weighted by molar-refractivity contribution is 5.90. The quantitative estimate of drug-likeness (QED) is 0.550. The third-order valence-electron chi connectivity index (χ3n) is 3.49. The van der Waals surface area contributed by atoms with Crippen LogP contribution in [-0.2, 0) is 4.74 Å². The Bertz CT molecular complexity index is 680. The van der Waals surface area contributed by atoms with Crippen LogP contribution in [-0.4, -0.2) is 54.5 Å². The molecule has 0 radical (unpaired) electrons. The van der Waals surface area contributed by atoms with Crippen molar-refractivity contribution in [1.82, 2.24) is 14.7 Å². The Hall–Kier alpha value is -2.34. The van der Waals surface area contributed by atoms with Gasteiger partial charge in [0, 0.05) is 18.8 Å². The van der Waals surface area contributed by atoms with Gasteiger partial charge < -0.3 is 14.4 Å². The predicted molar refractivity (Wildman–Crippen MR) is 92.9 cm³/mol. The van der Waals surface area contributed by atoms with Gasteiger partial charge >= 0.3 is 5.97 Å². The number of hydrogen-bond acceptors (Lipinski definition) is 5. The minimum atomic E-state index is -0.350. The van der Waals surface area contributed by atoms with E-state index in [0.29, 0.717) is 24.5 Å². The zero-order valence-electron chi connectivity index (χ0n) is 14.8. The summed E-state index contributed by atoms with van der Waals surface area (Å²) in [5.74, 6) is 0.439. The van der Waals surface area contributed by atoms with Gasteiger partial charge in [0.2, 0.25) is 0 Å². The highest BCUT2D eigenvalue weighted by Gasteiger charge is 2.15. The third kappa shape index (κ3) is 4.83. The molecule has 130 valence electrons. The number of nitrogens with zero attached hydrogens (tertiary/aromatic N) is 3.